The van der Waals surface area contributed by atoms with Gasteiger partial charge in [0.1, 0.15) is 17.8 Å². The van der Waals surface area contributed by atoms with E-state index >= 15 is 0 Å². The number of oxime groups is 1. The van der Waals surface area contributed by atoms with E-state index in [1.165, 1.54) is 32.3 Å². The molecule has 3 rings (SSSR count). The molecule has 1 saturated heterocycles. The van der Waals surface area contributed by atoms with Gasteiger partial charge in [0.15, 0.2) is 6.10 Å². The third-order valence-corrected chi connectivity index (χ3v) is 6.88. The molecule has 1 N–H and O–H groups in total. The zero-order valence-electron chi connectivity index (χ0n) is 18.7. The van der Waals surface area contributed by atoms with Gasteiger partial charge in [-0.15, -0.1) is 6.42 Å². The lowest BCUT2D eigenvalue weighted by atomic mass is 10.0. The van der Waals surface area contributed by atoms with Gasteiger partial charge >= 0.3 is 0 Å². The summed E-state index contributed by atoms with van der Waals surface area (Å²) in [5.41, 5.74) is 2.07. The predicted molar refractivity (Wildman–Crippen MR) is 122 cm³/mol. The molecule has 11 heteroatoms. The van der Waals surface area contributed by atoms with E-state index in [1.54, 1.807) is 11.1 Å². The lowest BCUT2D eigenvalue weighted by Crippen LogP contribution is -2.46. The number of rotatable bonds is 7. The molecule has 0 unspecified atom stereocenters. The van der Waals surface area contributed by atoms with Gasteiger partial charge in [-0.1, -0.05) is 23.2 Å². The Bertz CT molecular complexity index is 1110. The number of pyridine rings is 1. The number of amidine groups is 1. The lowest BCUT2D eigenvalue weighted by molar-refractivity contribution is 0.0817. The summed E-state index contributed by atoms with van der Waals surface area (Å²) in [6.07, 6.45) is 9.31. The second-order valence-electron chi connectivity index (χ2n) is 8.11. The van der Waals surface area contributed by atoms with Crippen LogP contribution in [-0.4, -0.2) is 67.8 Å². The molecule has 3 atom stereocenters. The Hall–Kier alpha value is -2.81. The van der Waals surface area contributed by atoms with Crippen molar-refractivity contribution >= 4 is 16.0 Å². The highest BCUT2D eigenvalue weighted by molar-refractivity contribution is 7.87. The van der Waals surface area contributed by atoms with Crippen LogP contribution in [0.3, 0.4) is 0 Å². The molecule has 0 aliphatic carbocycles. The van der Waals surface area contributed by atoms with Crippen molar-refractivity contribution in [3.8, 4) is 12.3 Å². The molecule has 2 aliphatic heterocycles. The molecule has 2 aliphatic rings. The minimum Gasteiger partial charge on any atom is -0.384 e. The van der Waals surface area contributed by atoms with Crippen molar-refractivity contribution in [2.24, 2.45) is 5.16 Å². The summed E-state index contributed by atoms with van der Waals surface area (Å²) in [5, 5.41) is 4.09. The van der Waals surface area contributed by atoms with Crippen LogP contribution in [0.25, 0.3) is 0 Å². The Labute approximate surface area is 193 Å². The summed E-state index contributed by atoms with van der Waals surface area (Å²) in [6, 6.07) is 0.934. The van der Waals surface area contributed by atoms with E-state index in [0.29, 0.717) is 23.5 Å². The lowest BCUT2D eigenvalue weighted by Gasteiger charge is -2.19. The molecular weight excluding hydrogens is 452 g/mol. The largest absolute Gasteiger partial charge is 0.384 e. The summed E-state index contributed by atoms with van der Waals surface area (Å²) in [6.45, 7) is 1.97. The number of hydrogen-bond donors (Lipinski definition) is 1. The van der Waals surface area contributed by atoms with Crippen molar-refractivity contribution in [3.05, 3.63) is 53.1 Å². The highest BCUT2D eigenvalue weighted by atomic mass is 32.2. The van der Waals surface area contributed by atoms with E-state index in [-0.39, 0.29) is 25.3 Å². The molecule has 8 nitrogen and oxygen atoms in total. The van der Waals surface area contributed by atoms with E-state index in [4.69, 9.17) is 11.3 Å². The number of allylic oxidation sites excluding steroid dienone is 4. The Balaban J connectivity index is 1.69. The van der Waals surface area contributed by atoms with Gasteiger partial charge in [0.2, 0.25) is 0 Å². The standard InChI is InChI=1S/C22H27F2N5O3S/c1-5-6-7-8-17(23)10-16-9-15(2)12-25-22(16)20-11-21(26-32-20)29-13-18(24)19(14-29)27-33(30,31)28(3)4/h1,6-9,12,18-20,27H,10-11,13-14H2,2-4H3/b7-6-,17-8+/t18-,19+,20-/m0/s1. The normalized spacial score (nSPS) is 23.8. The van der Waals surface area contributed by atoms with Gasteiger partial charge in [-0.25, -0.2) is 8.78 Å². The molecule has 1 aromatic heterocycles. The van der Waals surface area contributed by atoms with Gasteiger partial charge in [0.25, 0.3) is 10.2 Å². The number of alkyl halides is 1. The minimum atomic E-state index is -3.77. The summed E-state index contributed by atoms with van der Waals surface area (Å²) >= 11 is 0. The van der Waals surface area contributed by atoms with Gasteiger partial charge in [0.05, 0.1) is 24.7 Å². The van der Waals surface area contributed by atoms with Crippen molar-refractivity contribution in [2.45, 2.75) is 38.1 Å². The van der Waals surface area contributed by atoms with Crippen LogP contribution < -0.4 is 4.72 Å². The van der Waals surface area contributed by atoms with E-state index in [2.05, 4.69) is 20.8 Å². The number of likely N-dealkylation sites (tertiary alicyclic amines) is 1. The molecule has 0 bridgehead atoms. The fourth-order valence-electron chi connectivity index (χ4n) is 3.60. The summed E-state index contributed by atoms with van der Waals surface area (Å²) < 4.78 is 56.3. The minimum absolute atomic E-state index is 0.0113. The summed E-state index contributed by atoms with van der Waals surface area (Å²) in [5.74, 6) is 2.41. The second kappa shape index (κ2) is 10.4. The molecule has 0 saturated carbocycles. The maximum Gasteiger partial charge on any atom is 0.279 e. The number of terminal acetylenes is 1. The maximum absolute atomic E-state index is 14.5. The van der Waals surface area contributed by atoms with Crippen LogP contribution in [-0.2, 0) is 21.5 Å². The summed E-state index contributed by atoms with van der Waals surface area (Å²) in [7, 11) is -1.02. The number of aromatic nitrogens is 1. The average Bonchev–Trinajstić information content (AvgIpc) is 3.35. The number of nitrogens with zero attached hydrogens (tertiary/aromatic N) is 4. The fraction of sp³-hybridized carbons (Fsp3) is 0.455. The van der Waals surface area contributed by atoms with Crippen LogP contribution >= 0.6 is 0 Å². The number of halogens is 2. The molecule has 0 aromatic carbocycles. The first-order valence-corrected chi connectivity index (χ1v) is 11.8. The quantitative estimate of drug-likeness (QED) is 0.479. The van der Waals surface area contributed by atoms with Crippen LogP contribution in [0, 0.1) is 19.3 Å². The van der Waals surface area contributed by atoms with Crippen molar-refractivity contribution < 1.29 is 22.0 Å². The van der Waals surface area contributed by atoms with Gasteiger partial charge in [-0.3, -0.25) is 4.98 Å². The third-order valence-electron chi connectivity index (χ3n) is 5.32. The van der Waals surface area contributed by atoms with E-state index in [0.717, 1.165) is 9.87 Å². The Morgan fingerprint density at radius 1 is 1.45 bits per heavy atom. The SMILES string of the molecule is C#C/C=C\C=C(\F)Cc1cc(C)cnc1[C@@H]1CC(N2C[C@H](F)[C@H](NS(=O)(=O)N(C)C)C2)=NO1. The van der Waals surface area contributed by atoms with Gasteiger partial charge in [0, 0.05) is 33.3 Å². The third kappa shape index (κ3) is 6.16. The number of hydrogen-bond acceptors (Lipinski definition) is 6. The van der Waals surface area contributed by atoms with Crippen LogP contribution in [0.1, 0.15) is 29.3 Å². The molecule has 1 aromatic rings. The van der Waals surface area contributed by atoms with Gasteiger partial charge in [-0.05, 0) is 30.2 Å². The predicted octanol–water partition coefficient (Wildman–Crippen LogP) is 2.17. The van der Waals surface area contributed by atoms with E-state index < -0.39 is 28.5 Å². The van der Waals surface area contributed by atoms with Crippen LogP contribution in [0.2, 0.25) is 0 Å². The van der Waals surface area contributed by atoms with Gasteiger partial charge < -0.3 is 9.74 Å². The van der Waals surface area contributed by atoms with Crippen molar-refractivity contribution in [1.29, 1.82) is 0 Å². The molecule has 0 spiro atoms. The first-order valence-electron chi connectivity index (χ1n) is 10.3. The topological polar surface area (TPSA) is 87.1 Å². The van der Waals surface area contributed by atoms with Crippen LogP contribution in [0.5, 0.6) is 0 Å². The zero-order valence-corrected chi connectivity index (χ0v) is 19.5. The maximum atomic E-state index is 14.5. The van der Waals surface area contributed by atoms with E-state index in [9.17, 15) is 17.2 Å². The average molecular weight is 480 g/mol. The number of nitrogens with one attached hydrogen (secondary N) is 1. The monoisotopic (exact) mass is 479 g/mol. The number of aryl methyl sites for hydroxylation is 1. The fourth-order valence-corrected chi connectivity index (χ4v) is 4.42. The zero-order chi connectivity index (χ0) is 24.2. The molecule has 33 heavy (non-hydrogen) atoms. The molecule has 178 valence electrons. The van der Waals surface area contributed by atoms with Gasteiger partial charge in [-0.2, -0.15) is 17.4 Å². The molecule has 0 amide bonds. The van der Waals surface area contributed by atoms with Crippen molar-refractivity contribution in [3.63, 3.8) is 0 Å². The molecular formula is C22H27F2N5O3S. The highest BCUT2D eigenvalue weighted by Gasteiger charge is 2.40. The molecule has 1 fully saturated rings. The molecule has 3 heterocycles. The first-order chi connectivity index (χ1) is 15.6. The first kappa shape index (κ1) is 24.8. The van der Waals surface area contributed by atoms with Crippen molar-refractivity contribution in [2.75, 3.05) is 27.2 Å². The smallest absolute Gasteiger partial charge is 0.279 e. The second-order valence-corrected chi connectivity index (χ2v) is 10.0. The van der Waals surface area contributed by atoms with E-state index in [1.807, 2.05) is 13.0 Å². The Kier molecular flexibility index (Phi) is 7.84. The van der Waals surface area contributed by atoms with Crippen LogP contribution in [0.4, 0.5) is 8.78 Å². The Morgan fingerprint density at radius 2 is 2.21 bits per heavy atom. The van der Waals surface area contributed by atoms with Crippen molar-refractivity contribution in [1.82, 2.24) is 18.9 Å². The molecule has 0 radical (unpaired) electrons. The summed E-state index contributed by atoms with van der Waals surface area (Å²) in [4.78, 5) is 11.7. The Morgan fingerprint density at radius 3 is 2.91 bits per heavy atom. The highest BCUT2D eigenvalue weighted by Crippen LogP contribution is 2.32. The van der Waals surface area contributed by atoms with Crippen LogP contribution in [0.15, 0.2) is 41.5 Å².